The van der Waals surface area contributed by atoms with Crippen molar-refractivity contribution in [1.29, 1.82) is 0 Å². The smallest absolute Gasteiger partial charge is 0.218 e. The molecule has 128 valence electrons. The molecule has 2 aromatic rings. The van der Waals surface area contributed by atoms with Gasteiger partial charge in [0.25, 0.3) is 0 Å². The summed E-state index contributed by atoms with van der Waals surface area (Å²) >= 11 is 5.12. The average Bonchev–Trinajstić information content (AvgIpc) is 2.85. The molecule has 8 nitrogen and oxygen atoms in total. The van der Waals surface area contributed by atoms with Gasteiger partial charge in [0.2, 0.25) is 11.0 Å². The SMILES string of the molecule is COC[C@H](C)NC(=S)N=Nc1c(O)[nH]c2cc3c(cc12)OCCO3. The number of rotatable bonds is 4. The minimum Gasteiger partial charge on any atom is -0.493 e. The van der Waals surface area contributed by atoms with Crippen molar-refractivity contribution in [2.45, 2.75) is 13.0 Å². The number of azo groups is 1. The van der Waals surface area contributed by atoms with Crippen molar-refractivity contribution in [3.8, 4) is 17.4 Å². The Morgan fingerprint density at radius 2 is 2.12 bits per heavy atom. The number of aromatic hydroxyl groups is 1. The largest absolute Gasteiger partial charge is 0.493 e. The monoisotopic (exact) mass is 350 g/mol. The lowest BCUT2D eigenvalue weighted by Gasteiger charge is -2.18. The number of nitrogens with one attached hydrogen (secondary N) is 2. The zero-order valence-corrected chi connectivity index (χ0v) is 14.1. The van der Waals surface area contributed by atoms with Gasteiger partial charge < -0.3 is 29.6 Å². The minimum atomic E-state index is -0.0937. The van der Waals surface area contributed by atoms with E-state index < -0.39 is 0 Å². The highest BCUT2D eigenvalue weighted by atomic mass is 32.1. The quantitative estimate of drug-likeness (QED) is 0.579. The van der Waals surface area contributed by atoms with Crippen LogP contribution in [0, 0.1) is 0 Å². The first kappa shape index (κ1) is 16.5. The molecule has 1 aliphatic heterocycles. The van der Waals surface area contributed by atoms with Crippen LogP contribution in [0.15, 0.2) is 22.4 Å². The van der Waals surface area contributed by atoms with Gasteiger partial charge in [0.05, 0.1) is 12.1 Å². The molecule has 1 aromatic heterocycles. The number of H-pyrrole nitrogens is 1. The third-order valence-corrected chi connectivity index (χ3v) is 3.64. The topological polar surface area (TPSA) is 100 Å². The van der Waals surface area contributed by atoms with Gasteiger partial charge in [-0.1, -0.05) is 0 Å². The Kier molecular flexibility index (Phi) is 4.81. The van der Waals surface area contributed by atoms with E-state index in [-0.39, 0.29) is 17.0 Å². The van der Waals surface area contributed by atoms with Crippen molar-refractivity contribution in [2.75, 3.05) is 26.9 Å². The van der Waals surface area contributed by atoms with E-state index in [0.29, 0.717) is 47.9 Å². The van der Waals surface area contributed by atoms with Crippen molar-refractivity contribution in [3.05, 3.63) is 12.1 Å². The number of nitrogens with zero attached hydrogens (tertiary/aromatic N) is 2. The normalized spacial score (nSPS) is 14.9. The molecule has 0 bridgehead atoms. The molecule has 1 aromatic carbocycles. The predicted octanol–water partition coefficient (Wildman–Crippen LogP) is 2.64. The Bertz CT molecular complexity index is 789. The summed E-state index contributed by atoms with van der Waals surface area (Å²) in [6, 6.07) is 3.54. The molecule has 2 heterocycles. The lowest BCUT2D eigenvalue weighted by atomic mass is 10.2. The first-order valence-electron chi connectivity index (χ1n) is 7.44. The number of thiocarbonyl (C=S) groups is 1. The summed E-state index contributed by atoms with van der Waals surface area (Å²) < 4.78 is 16.1. The van der Waals surface area contributed by atoms with Crippen molar-refractivity contribution in [3.63, 3.8) is 0 Å². The molecule has 0 radical (unpaired) electrons. The van der Waals surface area contributed by atoms with E-state index in [1.165, 1.54) is 0 Å². The second-order valence-electron chi connectivity index (χ2n) is 5.37. The fourth-order valence-corrected chi connectivity index (χ4v) is 2.67. The first-order valence-corrected chi connectivity index (χ1v) is 7.84. The van der Waals surface area contributed by atoms with Crippen LogP contribution in [-0.4, -0.2) is 48.2 Å². The van der Waals surface area contributed by atoms with Crippen LogP contribution in [0.4, 0.5) is 5.69 Å². The van der Waals surface area contributed by atoms with Gasteiger partial charge >= 0.3 is 0 Å². The van der Waals surface area contributed by atoms with Gasteiger partial charge in [0.15, 0.2) is 17.2 Å². The van der Waals surface area contributed by atoms with Gasteiger partial charge in [-0.3, -0.25) is 0 Å². The van der Waals surface area contributed by atoms with E-state index in [4.69, 9.17) is 26.4 Å². The highest BCUT2D eigenvalue weighted by Crippen LogP contribution is 2.42. The Labute approximate surface area is 143 Å². The molecule has 0 aliphatic carbocycles. The third-order valence-electron chi connectivity index (χ3n) is 3.44. The zero-order chi connectivity index (χ0) is 17.1. The molecule has 1 atom stereocenters. The summed E-state index contributed by atoms with van der Waals surface area (Å²) in [5.41, 5.74) is 0.975. The number of hydrogen-bond acceptors (Lipinski definition) is 6. The molecule has 0 amide bonds. The molecule has 0 saturated heterocycles. The molecule has 0 fully saturated rings. The van der Waals surface area contributed by atoms with Crippen molar-refractivity contribution in [2.24, 2.45) is 10.2 Å². The number of hydrogen-bond donors (Lipinski definition) is 3. The molecule has 3 rings (SSSR count). The maximum atomic E-state index is 10.1. The summed E-state index contributed by atoms with van der Waals surface area (Å²) in [5, 5.41) is 21.9. The van der Waals surface area contributed by atoms with E-state index in [9.17, 15) is 5.11 Å². The van der Waals surface area contributed by atoms with E-state index in [0.717, 1.165) is 0 Å². The zero-order valence-electron chi connectivity index (χ0n) is 13.3. The molecule has 3 N–H and O–H groups in total. The summed E-state index contributed by atoms with van der Waals surface area (Å²) in [5.74, 6) is 1.14. The van der Waals surface area contributed by atoms with Gasteiger partial charge in [0, 0.05) is 24.6 Å². The highest BCUT2D eigenvalue weighted by molar-refractivity contribution is 7.80. The highest BCUT2D eigenvalue weighted by Gasteiger charge is 2.18. The van der Waals surface area contributed by atoms with Crippen LogP contribution in [0.5, 0.6) is 17.4 Å². The van der Waals surface area contributed by atoms with Crippen molar-refractivity contribution < 1.29 is 19.3 Å². The van der Waals surface area contributed by atoms with Gasteiger partial charge in [-0.15, -0.1) is 10.2 Å². The van der Waals surface area contributed by atoms with E-state index in [1.54, 1.807) is 19.2 Å². The lowest BCUT2D eigenvalue weighted by molar-refractivity contribution is 0.172. The molecule has 1 aliphatic rings. The van der Waals surface area contributed by atoms with Crippen LogP contribution in [0.2, 0.25) is 0 Å². The number of benzene rings is 1. The fourth-order valence-electron chi connectivity index (χ4n) is 2.43. The summed E-state index contributed by atoms with van der Waals surface area (Å²) in [4.78, 5) is 2.84. The minimum absolute atomic E-state index is 0.00980. The molecular formula is C15H18N4O4S. The Morgan fingerprint density at radius 3 is 2.83 bits per heavy atom. The van der Waals surface area contributed by atoms with Gasteiger partial charge in [0.1, 0.15) is 13.2 Å². The van der Waals surface area contributed by atoms with Crippen molar-refractivity contribution >= 4 is 33.9 Å². The number of fused-ring (bicyclic) bond motifs is 2. The standard InChI is InChI=1S/C15H18N4O4S/c1-8(7-21-2)16-15(24)19-18-13-9-5-11-12(23-4-3-22-11)6-10(9)17-14(13)20/h5-6,8,17,20H,3-4,7H2,1-2H3,(H,16,24)/t8-/m0/s1. The summed E-state index contributed by atoms with van der Waals surface area (Å²) in [6.07, 6.45) is 0. The van der Waals surface area contributed by atoms with Gasteiger partial charge in [-0.05, 0) is 25.2 Å². The second-order valence-corrected chi connectivity index (χ2v) is 5.76. The Hall–Kier alpha value is -2.39. The van der Waals surface area contributed by atoms with Crippen molar-refractivity contribution in [1.82, 2.24) is 10.3 Å². The first-order chi connectivity index (χ1) is 11.6. The number of aromatic amines is 1. The molecule has 24 heavy (non-hydrogen) atoms. The number of aromatic nitrogens is 1. The molecule has 0 spiro atoms. The van der Waals surface area contributed by atoms with Gasteiger partial charge in [-0.2, -0.15) is 0 Å². The van der Waals surface area contributed by atoms with E-state index >= 15 is 0 Å². The fraction of sp³-hybridized carbons (Fsp3) is 0.400. The van der Waals surface area contributed by atoms with Crippen LogP contribution >= 0.6 is 12.2 Å². The third kappa shape index (κ3) is 3.41. The van der Waals surface area contributed by atoms with Crippen LogP contribution in [0.3, 0.4) is 0 Å². The van der Waals surface area contributed by atoms with E-state index in [2.05, 4.69) is 20.5 Å². The second kappa shape index (κ2) is 7.02. The molecular weight excluding hydrogens is 332 g/mol. The van der Waals surface area contributed by atoms with Crippen LogP contribution < -0.4 is 14.8 Å². The van der Waals surface area contributed by atoms with Crippen LogP contribution in [-0.2, 0) is 4.74 Å². The average molecular weight is 350 g/mol. The summed E-state index contributed by atoms with van der Waals surface area (Å²) in [6.45, 7) is 3.39. The molecule has 0 saturated carbocycles. The number of methoxy groups -OCH3 is 1. The van der Waals surface area contributed by atoms with Gasteiger partial charge in [-0.25, -0.2) is 0 Å². The Balaban J connectivity index is 1.85. The predicted molar refractivity (Wildman–Crippen MR) is 92.5 cm³/mol. The lowest BCUT2D eigenvalue weighted by Crippen LogP contribution is -2.33. The number of ether oxygens (including phenoxy) is 3. The molecule has 9 heteroatoms. The molecule has 0 unspecified atom stereocenters. The van der Waals surface area contributed by atoms with E-state index in [1.807, 2.05) is 6.92 Å². The Morgan fingerprint density at radius 1 is 1.42 bits per heavy atom. The van der Waals surface area contributed by atoms with Crippen LogP contribution in [0.1, 0.15) is 6.92 Å². The maximum absolute atomic E-state index is 10.1. The maximum Gasteiger partial charge on any atom is 0.218 e. The summed E-state index contributed by atoms with van der Waals surface area (Å²) in [7, 11) is 1.61. The van der Waals surface area contributed by atoms with Crippen LogP contribution in [0.25, 0.3) is 10.9 Å².